The fraction of sp³-hybridized carbons (Fsp3) is 0.909. The number of nitrogens with zero attached hydrogens (tertiary/aromatic N) is 1. The van der Waals surface area contributed by atoms with Gasteiger partial charge in [0.25, 0.3) is 0 Å². The van der Waals surface area contributed by atoms with E-state index in [4.69, 9.17) is 5.63 Å². The third-order valence-corrected chi connectivity index (χ3v) is 11.0. The fourth-order valence-electron chi connectivity index (χ4n) is 1.41. The summed E-state index contributed by atoms with van der Waals surface area (Å²) in [6, 6.07) is 0. The summed E-state index contributed by atoms with van der Waals surface area (Å²) in [5, 5.41) is 0. The Bertz CT molecular complexity index is 209. The van der Waals surface area contributed by atoms with E-state index in [-0.39, 0.29) is 0 Å². The predicted molar refractivity (Wildman–Crippen MR) is 60.8 cm³/mol. The average molecular weight is 309 g/mol. The van der Waals surface area contributed by atoms with E-state index in [0.717, 1.165) is 34.3 Å². The molecule has 0 aromatic heterocycles. The number of isocyanates is 1. The number of hydrogen-bond donors (Lipinski definition) is 0. The summed E-state index contributed by atoms with van der Waals surface area (Å²) in [5.74, 6) is 0. The molecule has 0 aliphatic heterocycles. The minimum atomic E-state index is -2.91. The summed E-state index contributed by atoms with van der Waals surface area (Å²) in [6.45, 7) is 8.33. The van der Waals surface area contributed by atoms with Crippen LogP contribution in [-0.2, 0) is 31.6 Å². The Morgan fingerprint density at radius 2 is 1.69 bits per heavy atom. The van der Waals surface area contributed by atoms with Crippen LogP contribution in [-0.4, -0.2) is 25.8 Å². The zero-order valence-corrected chi connectivity index (χ0v) is 13.1. The number of aliphatic imine (C=N–C) groups is 1. The van der Waals surface area contributed by atoms with Gasteiger partial charge >= 0.3 is 104 Å². The summed E-state index contributed by atoms with van der Waals surface area (Å²) in [7, 11) is 0. The summed E-state index contributed by atoms with van der Waals surface area (Å²) in [5.41, 5.74) is 0. The van der Waals surface area contributed by atoms with Gasteiger partial charge in [-0.1, -0.05) is 0 Å². The second-order valence-corrected chi connectivity index (χ2v) is 12.5. The van der Waals surface area contributed by atoms with Gasteiger partial charge in [-0.3, -0.25) is 0 Å². The van der Waals surface area contributed by atoms with E-state index in [9.17, 15) is 4.79 Å². The van der Waals surface area contributed by atoms with Gasteiger partial charge in [0.05, 0.1) is 0 Å². The molecule has 0 aromatic rings. The molecule has 5 heteroatoms. The van der Waals surface area contributed by atoms with Crippen LogP contribution in [0.25, 0.3) is 0 Å². The van der Waals surface area contributed by atoms with Crippen LogP contribution in [0.3, 0.4) is 0 Å². The zero-order valence-electron chi connectivity index (χ0n) is 10.6. The zero-order chi connectivity index (χ0) is 12.3. The first-order valence-corrected chi connectivity index (χ1v) is 11.5. The Kier molecular flexibility index (Phi) is 10.5. The van der Waals surface area contributed by atoms with Gasteiger partial charge in [-0.25, -0.2) is 0 Å². The minimum absolute atomic E-state index is 0.501. The molecule has 0 fully saturated rings. The molecule has 0 aliphatic carbocycles. The van der Waals surface area contributed by atoms with E-state index >= 15 is 0 Å². The molecule has 0 heterocycles. The standard InChI is InChI=1S/C3H4NO.2C3H7O.C2H5.Zr/c1-2-4-3-5;2*1-2-3-4;1-2;/h1-2H2;2*2-3H2,1H3;1H2,2H3;/q;2*-1;;+2. The van der Waals surface area contributed by atoms with Gasteiger partial charge in [0.1, 0.15) is 0 Å². The van der Waals surface area contributed by atoms with Crippen molar-refractivity contribution in [2.24, 2.45) is 4.99 Å². The molecule has 16 heavy (non-hydrogen) atoms. The summed E-state index contributed by atoms with van der Waals surface area (Å²) >= 11 is -2.91. The Labute approximate surface area is 104 Å². The van der Waals surface area contributed by atoms with E-state index in [1.54, 1.807) is 6.08 Å². The van der Waals surface area contributed by atoms with Crippen molar-refractivity contribution in [1.29, 1.82) is 0 Å². The van der Waals surface area contributed by atoms with E-state index in [1.807, 2.05) is 0 Å². The monoisotopic (exact) mass is 307 g/mol. The molecular formula is C11H23NO3Zr. The third-order valence-electron chi connectivity index (χ3n) is 2.35. The van der Waals surface area contributed by atoms with Crippen molar-refractivity contribution < 1.29 is 31.6 Å². The topological polar surface area (TPSA) is 47.9 Å². The van der Waals surface area contributed by atoms with Crippen LogP contribution in [0.4, 0.5) is 0 Å². The Morgan fingerprint density at radius 1 is 1.12 bits per heavy atom. The quantitative estimate of drug-likeness (QED) is 0.460. The van der Waals surface area contributed by atoms with Gasteiger partial charge in [-0.15, -0.1) is 0 Å². The molecule has 0 saturated heterocycles. The van der Waals surface area contributed by atoms with Crippen molar-refractivity contribution >= 4 is 6.08 Å². The molecule has 0 rings (SSSR count). The van der Waals surface area contributed by atoms with E-state index < -0.39 is 21.1 Å². The van der Waals surface area contributed by atoms with Gasteiger partial charge in [0.2, 0.25) is 0 Å². The maximum atomic E-state index is 10.1. The van der Waals surface area contributed by atoms with Gasteiger partial charge in [0, 0.05) is 0 Å². The van der Waals surface area contributed by atoms with Crippen LogP contribution < -0.4 is 0 Å². The normalized spacial score (nSPS) is 11.2. The Morgan fingerprint density at radius 3 is 2.06 bits per heavy atom. The van der Waals surface area contributed by atoms with Crippen LogP contribution in [0.2, 0.25) is 8.26 Å². The molecule has 4 nitrogen and oxygen atoms in total. The van der Waals surface area contributed by atoms with Crippen LogP contribution in [0.1, 0.15) is 33.6 Å². The SMILES string of the molecule is CCC[O][Zr]([CH2]C)([CH2]CN=C=O)[O]CCC. The van der Waals surface area contributed by atoms with E-state index in [1.165, 1.54) is 0 Å². The molecule has 0 amide bonds. The van der Waals surface area contributed by atoms with Crippen LogP contribution >= 0.6 is 0 Å². The van der Waals surface area contributed by atoms with Gasteiger partial charge < -0.3 is 0 Å². The van der Waals surface area contributed by atoms with Gasteiger partial charge in [-0.2, -0.15) is 0 Å². The van der Waals surface area contributed by atoms with Crippen molar-refractivity contribution in [2.75, 3.05) is 19.8 Å². The van der Waals surface area contributed by atoms with Gasteiger partial charge in [0.15, 0.2) is 0 Å². The van der Waals surface area contributed by atoms with Crippen LogP contribution in [0.15, 0.2) is 4.99 Å². The van der Waals surface area contributed by atoms with Crippen molar-refractivity contribution in [3.63, 3.8) is 0 Å². The molecule has 0 radical (unpaired) electrons. The van der Waals surface area contributed by atoms with Crippen molar-refractivity contribution in [1.82, 2.24) is 0 Å². The second-order valence-electron chi connectivity index (χ2n) is 3.68. The molecule has 0 aromatic carbocycles. The molecule has 0 saturated carbocycles. The van der Waals surface area contributed by atoms with Crippen molar-refractivity contribution in [3.8, 4) is 0 Å². The second kappa shape index (κ2) is 10.3. The Hall–Kier alpha value is 0.183. The molecule has 0 atom stereocenters. The molecule has 0 bridgehead atoms. The first-order chi connectivity index (χ1) is 7.74. The first kappa shape index (κ1) is 16.2. The first-order valence-electron chi connectivity index (χ1n) is 6.06. The third kappa shape index (κ3) is 6.70. The van der Waals surface area contributed by atoms with Crippen molar-refractivity contribution in [3.05, 3.63) is 0 Å². The molecular weight excluding hydrogens is 285 g/mol. The predicted octanol–water partition coefficient (Wildman–Crippen LogP) is 3.02. The summed E-state index contributed by atoms with van der Waals surface area (Å²) < 4.78 is 13.7. The maximum absolute atomic E-state index is 10.1. The molecule has 0 aliphatic rings. The molecule has 94 valence electrons. The molecule has 0 N–H and O–H groups in total. The molecule has 0 spiro atoms. The van der Waals surface area contributed by atoms with E-state index in [0.29, 0.717) is 6.54 Å². The summed E-state index contributed by atoms with van der Waals surface area (Å²) in [6.07, 6.45) is 3.58. The van der Waals surface area contributed by atoms with Crippen LogP contribution in [0, 0.1) is 0 Å². The fourth-order valence-corrected chi connectivity index (χ4v) is 8.15. The number of hydrogen-bond acceptors (Lipinski definition) is 4. The number of carbonyl (C=O) groups excluding carboxylic acids is 1. The Balaban J connectivity index is 4.32. The number of rotatable bonds is 10. The van der Waals surface area contributed by atoms with Gasteiger partial charge in [-0.05, 0) is 0 Å². The van der Waals surface area contributed by atoms with Crippen LogP contribution in [0.5, 0.6) is 0 Å². The molecule has 0 unspecified atom stereocenters. The van der Waals surface area contributed by atoms with Crippen molar-refractivity contribution in [2.45, 2.75) is 41.9 Å². The summed E-state index contributed by atoms with van der Waals surface area (Å²) in [4.78, 5) is 13.7. The van der Waals surface area contributed by atoms with E-state index in [2.05, 4.69) is 25.8 Å². The average Bonchev–Trinajstić information content (AvgIpc) is 2.32.